The molecule has 0 aliphatic rings. The first-order valence-electron chi connectivity index (χ1n) is 6.82. The second-order valence-corrected chi connectivity index (χ2v) is 4.80. The van der Waals surface area contributed by atoms with Gasteiger partial charge < -0.3 is 10.2 Å². The third-order valence-electron chi connectivity index (χ3n) is 3.31. The van der Waals surface area contributed by atoms with Gasteiger partial charge in [0.05, 0.1) is 12.7 Å². The van der Waals surface area contributed by atoms with Crippen molar-refractivity contribution in [2.75, 3.05) is 13.2 Å². The van der Waals surface area contributed by atoms with Crippen LogP contribution in [0.1, 0.15) is 17.2 Å². The van der Waals surface area contributed by atoms with E-state index in [1.165, 1.54) is 0 Å². The fourth-order valence-electron chi connectivity index (χ4n) is 2.27. The van der Waals surface area contributed by atoms with Crippen LogP contribution in [0.4, 0.5) is 0 Å². The monoisotopic (exact) mass is 282 g/mol. The molecule has 0 saturated carbocycles. The van der Waals surface area contributed by atoms with Crippen LogP contribution in [-0.2, 0) is 6.54 Å². The molecule has 0 aromatic heterocycles. The van der Waals surface area contributed by atoms with Gasteiger partial charge in [-0.2, -0.15) is 5.26 Å². The molecule has 0 amide bonds. The van der Waals surface area contributed by atoms with Crippen LogP contribution in [0.15, 0.2) is 54.6 Å². The van der Waals surface area contributed by atoms with Gasteiger partial charge in [0.25, 0.3) is 0 Å². The molecule has 0 saturated heterocycles. The van der Waals surface area contributed by atoms with Crippen LogP contribution in [0.2, 0.25) is 0 Å². The molecule has 2 N–H and O–H groups in total. The fourth-order valence-corrected chi connectivity index (χ4v) is 2.27. The number of hydrogen-bond acceptors (Lipinski definition) is 4. The number of phenolic OH excluding ortho intramolecular Hbond substituents is 1. The SMILES string of the molecule is N#CC(c1ccc(O)cc1)N(CCO)Cc1ccccc1. The van der Waals surface area contributed by atoms with Crippen molar-refractivity contribution in [3.05, 3.63) is 65.7 Å². The summed E-state index contributed by atoms with van der Waals surface area (Å²) in [6.07, 6.45) is 0. The first-order valence-corrected chi connectivity index (χ1v) is 6.82. The van der Waals surface area contributed by atoms with E-state index in [1.807, 2.05) is 35.2 Å². The summed E-state index contributed by atoms with van der Waals surface area (Å²) in [5.74, 6) is 0.173. The highest BCUT2D eigenvalue weighted by Gasteiger charge is 2.19. The average molecular weight is 282 g/mol. The Morgan fingerprint density at radius 3 is 2.29 bits per heavy atom. The van der Waals surface area contributed by atoms with E-state index in [1.54, 1.807) is 24.3 Å². The normalized spacial score (nSPS) is 12.0. The average Bonchev–Trinajstić information content (AvgIpc) is 2.51. The first-order chi connectivity index (χ1) is 10.2. The summed E-state index contributed by atoms with van der Waals surface area (Å²) in [7, 11) is 0. The van der Waals surface area contributed by atoms with Crippen LogP contribution in [0, 0.1) is 11.3 Å². The molecular weight excluding hydrogens is 264 g/mol. The Morgan fingerprint density at radius 2 is 1.71 bits per heavy atom. The molecule has 4 nitrogen and oxygen atoms in total. The van der Waals surface area contributed by atoms with Gasteiger partial charge in [0, 0.05) is 13.1 Å². The van der Waals surface area contributed by atoms with Gasteiger partial charge in [-0.25, -0.2) is 0 Å². The summed E-state index contributed by atoms with van der Waals surface area (Å²) < 4.78 is 0. The number of hydrogen-bond donors (Lipinski definition) is 2. The van der Waals surface area contributed by atoms with Crippen LogP contribution in [-0.4, -0.2) is 28.3 Å². The molecule has 21 heavy (non-hydrogen) atoms. The second kappa shape index (κ2) is 7.44. The van der Waals surface area contributed by atoms with Crippen molar-refractivity contribution < 1.29 is 10.2 Å². The van der Waals surface area contributed by atoms with Gasteiger partial charge in [-0.1, -0.05) is 42.5 Å². The molecule has 0 spiro atoms. The summed E-state index contributed by atoms with van der Waals surface area (Å²) >= 11 is 0. The van der Waals surface area contributed by atoms with Crippen LogP contribution in [0.5, 0.6) is 5.75 Å². The largest absolute Gasteiger partial charge is 0.508 e. The van der Waals surface area contributed by atoms with Crippen LogP contribution < -0.4 is 0 Å². The highest BCUT2D eigenvalue weighted by atomic mass is 16.3. The van der Waals surface area contributed by atoms with E-state index in [0.717, 1.165) is 11.1 Å². The second-order valence-electron chi connectivity index (χ2n) is 4.80. The zero-order chi connectivity index (χ0) is 15.1. The molecule has 1 unspecified atom stereocenters. The quantitative estimate of drug-likeness (QED) is 0.854. The molecule has 0 aliphatic heterocycles. The Balaban J connectivity index is 2.22. The Labute approximate surface area is 124 Å². The lowest BCUT2D eigenvalue weighted by Gasteiger charge is -2.26. The van der Waals surface area contributed by atoms with Crippen molar-refractivity contribution in [2.24, 2.45) is 0 Å². The predicted molar refractivity (Wildman–Crippen MR) is 80.4 cm³/mol. The molecule has 1 atom stereocenters. The van der Waals surface area contributed by atoms with Crippen LogP contribution in [0.25, 0.3) is 0 Å². The Hall–Kier alpha value is -2.35. The molecule has 0 heterocycles. The topological polar surface area (TPSA) is 67.5 Å². The maximum Gasteiger partial charge on any atom is 0.124 e. The van der Waals surface area contributed by atoms with Crippen molar-refractivity contribution in [3.63, 3.8) is 0 Å². The molecule has 0 bridgehead atoms. The minimum absolute atomic E-state index is 0.0108. The van der Waals surface area contributed by atoms with E-state index in [0.29, 0.717) is 13.1 Å². The lowest BCUT2D eigenvalue weighted by Crippen LogP contribution is -2.30. The van der Waals surface area contributed by atoms with Gasteiger partial charge in [-0.3, -0.25) is 4.90 Å². The number of aliphatic hydroxyl groups excluding tert-OH is 1. The summed E-state index contributed by atoms with van der Waals surface area (Å²) in [6.45, 7) is 0.984. The van der Waals surface area contributed by atoms with E-state index >= 15 is 0 Å². The maximum absolute atomic E-state index is 9.49. The van der Waals surface area contributed by atoms with E-state index in [9.17, 15) is 15.5 Å². The Bertz CT molecular complexity index is 590. The number of benzene rings is 2. The maximum atomic E-state index is 9.49. The standard InChI is InChI=1S/C17H18N2O2/c18-12-17(15-6-8-16(21)9-7-15)19(10-11-20)13-14-4-2-1-3-5-14/h1-9,17,20-21H,10-11,13H2. The van der Waals surface area contributed by atoms with Gasteiger partial charge in [-0.15, -0.1) is 0 Å². The third kappa shape index (κ3) is 4.06. The third-order valence-corrected chi connectivity index (χ3v) is 3.31. The van der Waals surface area contributed by atoms with Crippen molar-refractivity contribution in [1.29, 1.82) is 5.26 Å². The minimum Gasteiger partial charge on any atom is -0.508 e. The van der Waals surface area contributed by atoms with Crippen molar-refractivity contribution in [2.45, 2.75) is 12.6 Å². The molecule has 4 heteroatoms. The van der Waals surface area contributed by atoms with Crippen molar-refractivity contribution in [1.82, 2.24) is 4.90 Å². The number of aromatic hydroxyl groups is 1. The smallest absolute Gasteiger partial charge is 0.124 e. The molecule has 0 fully saturated rings. The lowest BCUT2D eigenvalue weighted by molar-refractivity contribution is 0.167. The fraction of sp³-hybridized carbons (Fsp3) is 0.235. The zero-order valence-corrected chi connectivity index (χ0v) is 11.7. The number of rotatable bonds is 6. The van der Waals surface area contributed by atoms with Gasteiger partial charge in [0.2, 0.25) is 0 Å². The van der Waals surface area contributed by atoms with Crippen LogP contribution in [0.3, 0.4) is 0 Å². The highest BCUT2D eigenvalue weighted by Crippen LogP contribution is 2.23. The zero-order valence-electron chi connectivity index (χ0n) is 11.7. The van der Waals surface area contributed by atoms with Gasteiger partial charge in [0.15, 0.2) is 0 Å². The van der Waals surface area contributed by atoms with Crippen molar-refractivity contribution >= 4 is 0 Å². The summed E-state index contributed by atoms with van der Waals surface area (Å²) in [5, 5.41) is 28.1. The molecule has 2 aromatic rings. The molecule has 0 radical (unpaired) electrons. The summed E-state index contributed by atoms with van der Waals surface area (Å²) in [5.41, 5.74) is 1.89. The van der Waals surface area contributed by atoms with Gasteiger partial charge in [0.1, 0.15) is 11.8 Å². The Morgan fingerprint density at radius 1 is 1.05 bits per heavy atom. The molecular formula is C17H18N2O2. The van der Waals surface area contributed by atoms with E-state index in [4.69, 9.17) is 0 Å². The number of nitrogens with zero attached hydrogens (tertiary/aromatic N) is 2. The Kier molecular flexibility index (Phi) is 5.33. The van der Waals surface area contributed by atoms with E-state index in [-0.39, 0.29) is 12.4 Å². The molecule has 0 aliphatic carbocycles. The summed E-state index contributed by atoms with van der Waals surface area (Å²) in [6, 6.07) is 18.3. The van der Waals surface area contributed by atoms with E-state index in [2.05, 4.69) is 6.07 Å². The van der Waals surface area contributed by atoms with Crippen molar-refractivity contribution in [3.8, 4) is 11.8 Å². The lowest BCUT2D eigenvalue weighted by atomic mass is 10.1. The summed E-state index contributed by atoms with van der Waals surface area (Å²) in [4.78, 5) is 1.92. The molecule has 108 valence electrons. The molecule has 2 rings (SSSR count). The van der Waals surface area contributed by atoms with Gasteiger partial charge in [-0.05, 0) is 23.3 Å². The number of aliphatic hydroxyl groups is 1. The molecule has 2 aromatic carbocycles. The number of phenols is 1. The highest BCUT2D eigenvalue weighted by molar-refractivity contribution is 5.31. The predicted octanol–water partition coefficient (Wildman–Crippen LogP) is 2.45. The van der Waals surface area contributed by atoms with E-state index < -0.39 is 6.04 Å². The van der Waals surface area contributed by atoms with Crippen LogP contribution >= 0.6 is 0 Å². The first kappa shape index (κ1) is 15.0. The van der Waals surface area contributed by atoms with Gasteiger partial charge >= 0.3 is 0 Å². The number of nitriles is 1. The minimum atomic E-state index is -0.460.